The molecule has 22 heavy (non-hydrogen) atoms. The van der Waals surface area contributed by atoms with Crippen LogP contribution in [-0.4, -0.2) is 45.4 Å². The van der Waals surface area contributed by atoms with Crippen LogP contribution in [0.3, 0.4) is 0 Å². The topological polar surface area (TPSA) is 77.2 Å². The van der Waals surface area contributed by atoms with Crippen LogP contribution in [0.25, 0.3) is 0 Å². The van der Waals surface area contributed by atoms with E-state index in [1.807, 2.05) is 0 Å². The lowest BCUT2D eigenvalue weighted by molar-refractivity contribution is 0.0755. The van der Waals surface area contributed by atoms with Crippen LogP contribution in [0.4, 0.5) is 10.3 Å². The maximum Gasteiger partial charge on any atom is 0.231 e. The molecule has 116 valence electrons. The van der Waals surface area contributed by atoms with E-state index >= 15 is 0 Å². The van der Waals surface area contributed by atoms with Gasteiger partial charge in [-0.15, -0.1) is 0 Å². The molecule has 4 heterocycles. The molecular weight excluding hydrogens is 289 g/mol. The number of nitrogens with zero attached hydrogens (tertiary/aromatic N) is 5. The highest BCUT2D eigenvalue weighted by Crippen LogP contribution is 2.37. The Kier molecular flexibility index (Phi) is 3.25. The molecule has 3 atom stereocenters. The molecule has 2 aromatic rings. The summed E-state index contributed by atoms with van der Waals surface area (Å²) in [5.41, 5.74) is 0. The van der Waals surface area contributed by atoms with Crippen molar-refractivity contribution in [2.45, 2.75) is 37.8 Å². The molecule has 0 aromatic carbocycles. The highest BCUT2D eigenvalue weighted by atomic mass is 19.1. The van der Waals surface area contributed by atoms with Gasteiger partial charge in [-0.1, -0.05) is 5.16 Å². The Morgan fingerprint density at radius 2 is 2.14 bits per heavy atom. The smallest absolute Gasteiger partial charge is 0.231 e. The summed E-state index contributed by atoms with van der Waals surface area (Å²) in [6.45, 7) is 3.17. The van der Waals surface area contributed by atoms with Crippen molar-refractivity contribution in [2.24, 2.45) is 0 Å². The predicted molar refractivity (Wildman–Crippen MR) is 73.9 cm³/mol. The monoisotopic (exact) mass is 305 g/mol. The van der Waals surface area contributed by atoms with Crippen molar-refractivity contribution in [1.82, 2.24) is 20.1 Å². The standard InChI is InChI=1S/C14H16FN5O2/c1-8-18-13(22-19-8)9-4-12-11(2-3-21-12)20(7-9)14-16-5-10(15)6-17-14/h5-6,9,11-12H,2-4,7H2,1H3/t9-,11-,12-/m1/s1. The van der Waals surface area contributed by atoms with Gasteiger partial charge in [0.2, 0.25) is 11.8 Å². The molecule has 2 aromatic heterocycles. The van der Waals surface area contributed by atoms with E-state index in [0.29, 0.717) is 30.8 Å². The Morgan fingerprint density at radius 3 is 2.86 bits per heavy atom. The second-order valence-corrected chi connectivity index (χ2v) is 5.73. The van der Waals surface area contributed by atoms with Crippen LogP contribution in [-0.2, 0) is 4.74 Å². The summed E-state index contributed by atoms with van der Waals surface area (Å²) >= 11 is 0. The van der Waals surface area contributed by atoms with E-state index in [1.165, 1.54) is 12.4 Å². The van der Waals surface area contributed by atoms with Crippen molar-refractivity contribution in [3.63, 3.8) is 0 Å². The third kappa shape index (κ3) is 2.33. The summed E-state index contributed by atoms with van der Waals surface area (Å²) in [5, 5.41) is 3.86. The van der Waals surface area contributed by atoms with Gasteiger partial charge in [0, 0.05) is 13.2 Å². The van der Waals surface area contributed by atoms with Crippen LogP contribution < -0.4 is 4.90 Å². The second kappa shape index (κ2) is 5.28. The van der Waals surface area contributed by atoms with Gasteiger partial charge in [0.25, 0.3) is 0 Å². The highest BCUT2D eigenvalue weighted by molar-refractivity contribution is 5.35. The molecule has 0 bridgehead atoms. The number of halogens is 1. The van der Waals surface area contributed by atoms with Gasteiger partial charge >= 0.3 is 0 Å². The summed E-state index contributed by atoms with van der Waals surface area (Å²) in [7, 11) is 0. The number of fused-ring (bicyclic) bond motifs is 1. The normalized spacial score (nSPS) is 27.9. The first kappa shape index (κ1) is 13.6. The first-order chi connectivity index (χ1) is 10.7. The van der Waals surface area contributed by atoms with Gasteiger partial charge in [0.1, 0.15) is 0 Å². The number of anilines is 1. The molecule has 4 rings (SSSR count). The molecule has 2 aliphatic heterocycles. The summed E-state index contributed by atoms with van der Waals surface area (Å²) < 4.78 is 24.2. The zero-order valence-corrected chi connectivity index (χ0v) is 12.1. The zero-order valence-electron chi connectivity index (χ0n) is 12.1. The molecule has 0 amide bonds. The first-order valence-corrected chi connectivity index (χ1v) is 7.36. The minimum Gasteiger partial charge on any atom is -0.376 e. The molecule has 0 radical (unpaired) electrons. The van der Waals surface area contributed by atoms with Gasteiger partial charge < -0.3 is 14.2 Å². The van der Waals surface area contributed by atoms with Crippen LogP contribution in [0.2, 0.25) is 0 Å². The highest BCUT2D eigenvalue weighted by Gasteiger charge is 2.43. The largest absolute Gasteiger partial charge is 0.376 e. The molecule has 0 unspecified atom stereocenters. The van der Waals surface area contributed by atoms with Crippen LogP contribution in [0.1, 0.15) is 30.5 Å². The summed E-state index contributed by atoms with van der Waals surface area (Å²) in [6.07, 6.45) is 4.21. The van der Waals surface area contributed by atoms with Crippen molar-refractivity contribution >= 4 is 5.95 Å². The third-order valence-electron chi connectivity index (χ3n) is 4.27. The first-order valence-electron chi connectivity index (χ1n) is 7.36. The van der Waals surface area contributed by atoms with Gasteiger partial charge in [-0.2, -0.15) is 4.98 Å². The van der Waals surface area contributed by atoms with Gasteiger partial charge in [-0.25, -0.2) is 14.4 Å². The molecule has 0 saturated carbocycles. The molecular formula is C14H16FN5O2. The molecule has 2 saturated heterocycles. The van der Waals surface area contributed by atoms with E-state index in [2.05, 4.69) is 25.0 Å². The Bertz CT molecular complexity index is 662. The van der Waals surface area contributed by atoms with Crippen molar-refractivity contribution in [3.05, 3.63) is 29.9 Å². The second-order valence-electron chi connectivity index (χ2n) is 5.73. The number of ether oxygens (including phenoxy) is 1. The maximum absolute atomic E-state index is 13.1. The van der Waals surface area contributed by atoms with E-state index in [-0.39, 0.29) is 18.1 Å². The molecule has 2 aliphatic rings. The predicted octanol–water partition coefficient (Wildman–Crippen LogP) is 1.46. The van der Waals surface area contributed by atoms with E-state index in [1.54, 1.807) is 6.92 Å². The number of hydrogen-bond donors (Lipinski definition) is 0. The molecule has 0 aliphatic carbocycles. The quantitative estimate of drug-likeness (QED) is 0.831. The Hall–Kier alpha value is -2.09. The van der Waals surface area contributed by atoms with Crippen LogP contribution in [0.15, 0.2) is 16.9 Å². The Labute approximate surface area is 126 Å². The number of aromatic nitrogens is 4. The van der Waals surface area contributed by atoms with Gasteiger partial charge in [-0.05, 0) is 19.8 Å². The molecule has 7 nitrogen and oxygen atoms in total. The summed E-state index contributed by atoms with van der Waals surface area (Å²) in [5.74, 6) is 1.37. The van der Waals surface area contributed by atoms with Crippen molar-refractivity contribution in [1.29, 1.82) is 0 Å². The minimum absolute atomic E-state index is 0.0641. The van der Waals surface area contributed by atoms with E-state index < -0.39 is 5.82 Å². The van der Waals surface area contributed by atoms with Gasteiger partial charge in [0.15, 0.2) is 11.6 Å². The van der Waals surface area contributed by atoms with Gasteiger partial charge in [-0.3, -0.25) is 0 Å². The summed E-state index contributed by atoms with van der Waals surface area (Å²) in [6, 6.07) is 0.214. The fraction of sp³-hybridized carbons (Fsp3) is 0.571. The zero-order chi connectivity index (χ0) is 15.1. The Morgan fingerprint density at radius 1 is 1.32 bits per heavy atom. The van der Waals surface area contributed by atoms with Crippen molar-refractivity contribution in [2.75, 3.05) is 18.1 Å². The van der Waals surface area contributed by atoms with Crippen molar-refractivity contribution in [3.8, 4) is 0 Å². The third-order valence-corrected chi connectivity index (χ3v) is 4.27. The minimum atomic E-state index is -0.441. The fourth-order valence-corrected chi connectivity index (χ4v) is 3.29. The molecule has 8 heteroatoms. The molecule has 2 fully saturated rings. The van der Waals surface area contributed by atoms with E-state index in [0.717, 1.165) is 12.8 Å². The maximum atomic E-state index is 13.1. The molecule has 0 spiro atoms. The van der Waals surface area contributed by atoms with Crippen molar-refractivity contribution < 1.29 is 13.7 Å². The number of rotatable bonds is 2. The van der Waals surface area contributed by atoms with Gasteiger partial charge in [0.05, 0.1) is 30.5 Å². The molecule has 0 N–H and O–H groups in total. The van der Waals surface area contributed by atoms with E-state index in [9.17, 15) is 4.39 Å². The average molecular weight is 305 g/mol. The lowest BCUT2D eigenvalue weighted by atomic mass is 9.90. The van der Waals surface area contributed by atoms with E-state index in [4.69, 9.17) is 9.26 Å². The lowest BCUT2D eigenvalue weighted by Gasteiger charge is -2.39. The fourth-order valence-electron chi connectivity index (χ4n) is 3.29. The Balaban J connectivity index is 1.64. The number of hydrogen-bond acceptors (Lipinski definition) is 7. The SMILES string of the molecule is Cc1noc([C@@H]2C[C@H]3OCC[C@H]3N(c3ncc(F)cn3)C2)n1. The average Bonchev–Trinajstić information content (AvgIpc) is 3.15. The van der Waals surface area contributed by atoms with Crippen LogP contribution in [0, 0.1) is 12.7 Å². The summed E-state index contributed by atoms with van der Waals surface area (Å²) in [4.78, 5) is 14.6. The van der Waals surface area contributed by atoms with Crippen LogP contribution >= 0.6 is 0 Å². The number of aryl methyl sites for hydroxylation is 1. The lowest BCUT2D eigenvalue weighted by Crippen LogP contribution is -2.49. The van der Waals surface area contributed by atoms with Crippen LogP contribution in [0.5, 0.6) is 0 Å². The number of piperidine rings is 1.